The molecule has 110 valence electrons. The first-order chi connectivity index (χ1) is 9.51. The number of aliphatic hydroxyl groups is 1. The van der Waals surface area contributed by atoms with Crippen molar-refractivity contribution in [2.75, 3.05) is 13.2 Å². The Bertz CT molecular complexity index is 506. The number of pyridine rings is 1. The van der Waals surface area contributed by atoms with Gasteiger partial charge in [0.2, 0.25) is 0 Å². The van der Waals surface area contributed by atoms with Crippen LogP contribution in [-0.2, 0) is 4.74 Å². The van der Waals surface area contributed by atoms with Gasteiger partial charge in [-0.1, -0.05) is 23.2 Å². The van der Waals surface area contributed by atoms with Gasteiger partial charge in [-0.05, 0) is 19.9 Å². The van der Waals surface area contributed by atoms with Crippen molar-refractivity contribution in [2.45, 2.75) is 20.1 Å². The van der Waals surface area contributed by atoms with Gasteiger partial charge in [-0.3, -0.25) is 4.79 Å². The molecule has 1 aromatic heterocycles. The first-order valence-corrected chi connectivity index (χ1v) is 6.85. The van der Waals surface area contributed by atoms with Gasteiger partial charge in [-0.2, -0.15) is 0 Å². The summed E-state index contributed by atoms with van der Waals surface area (Å²) in [6.07, 6.45) is 1.36. The normalized spacial score (nSPS) is 13.2. The van der Waals surface area contributed by atoms with Crippen molar-refractivity contribution in [3.8, 4) is 0 Å². The van der Waals surface area contributed by atoms with Gasteiger partial charge < -0.3 is 15.2 Å². The second kappa shape index (κ2) is 8.21. The molecule has 0 bridgehead atoms. The molecule has 0 radical (unpaired) electrons. The van der Waals surface area contributed by atoms with E-state index in [9.17, 15) is 9.90 Å². The van der Waals surface area contributed by atoms with Crippen LogP contribution in [0.2, 0.25) is 10.2 Å². The summed E-state index contributed by atoms with van der Waals surface area (Å²) in [5.41, 5.74) is 0.215. The zero-order chi connectivity index (χ0) is 15.1. The van der Waals surface area contributed by atoms with Crippen LogP contribution in [0, 0.1) is 0 Å². The van der Waals surface area contributed by atoms with Crippen molar-refractivity contribution < 1.29 is 14.6 Å². The first-order valence-electron chi connectivity index (χ1n) is 6.10. The largest absolute Gasteiger partial charge is 0.391 e. The Labute approximate surface area is 127 Å². The van der Waals surface area contributed by atoms with Crippen LogP contribution in [0.5, 0.6) is 0 Å². The molecule has 0 saturated heterocycles. The van der Waals surface area contributed by atoms with E-state index in [-0.39, 0.29) is 27.9 Å². The van der Waals surface area contributed by atoms with E-state index in [1.807, 2.05) is 6.92 Å². The summed E-state index contributed by atoms with van der Waals surface area (Å²) in [5.74, 6) is -0.471. The molecule has 0 aliphatic heterocycles. The molecule has 1 heterocycles. The lowest BCUT2D eigenvalue weighted by Gasteiger charge is -2.15. The molecule has 0 aliphatic rings. The Balaban J connectivity index is 3.13. The summed E-state index contributed by atoms with van der Waals surface area (Å²) >= 11 is 11.7. The predicted octanol–water partition coefficient (Wildman–Crippen LogP) is 2.42. The van der Waals surface area contributed by atoms with Crippen LogP contribution >= 0.6 is 23.2 Å². The third kappa shape index (κ3) is 4.45. The van der Waals surface area contributed by atoms with Gasteiger partial charge in [0.15, 0.2) is 12.1 Å². The number of ether oxygens (including phenoxy) is 1. The summed E-state index contributed by atoms with van der Waals surface area (Å²) < 4.78 is 5.05. The summed E-state index contributed by atoms with van der Waals surface area (Å²) in [6, 6.07) is 1.35. The number of nitrogens with zero attached hydrogens (tertiary/aromatic N) is 1. The fraction of sp³-hybridized carbons (Fsp3) is 0.385. The number of nitrogens with one attached hydrogen (secondary N) is 1. The highest BCUT2D eigenvalue weighted by Gasteiger charge is 2.23. The summed E-state index contributed by atoms with van der Waals surface area (Å²) in [7, 11) is 0. The topological polar surface area (TPSA) is 71.5 Å². The van der Waals surface area contributed by atoms with Gasteiger partial charge in [0, 0.05) is 31.1 Å². The van der Waals surface area contributed by atoms with Crippen molar-refractivity contribution in [2.24, 2.45) is 0 Å². The van der Waals surface area contributed by atoms with Crippen molar-refractivity contribution >= 4 is 29.0 Å². The van der Waals surface area contributed by atoms with Crippen molar-refractivity contribution in [3.63, 3.8) is 0 Å². The van der Waals surface area contributed by atoms with Gasteiger partial charge in [-0.25, -0.2) is 4.98 Å². The van der Waals surface area contributed by atoms with Gasteiger partial charge >= 0.3 is 0 Å². The Morgan fingerprint density at radius 2 is 2.25 bits per heavy atom. The number of rotatable bonds is 7. The monoisotopic (exact) mass is 318 g/mol. The zero-order valence-corrected chi connectivity index (χ0v) is 12.7. The smallest absolute Gasteiger partial charge is 0.197 e. The number of Topliss-reactive ketones (excluding diaryl/α,β-unsaturated/α-hetero) is 1. The minimum absolute atomic E-state index is 0.0536. The first kappa shape index (κ1) is 16.9. The molecule has 2 N–H and O–H groups in total. The quantitative estimate of drug-likeness (QED) is 0.349. The second-order valence-corrected chi connectivity index (χ2v) is 4.58. The highest BCUT2D eigenvalue weighted by molar-refractivity contribution is 6.36. The lowest BCUT2D eigenvalue weighted by atomic mass is 10.0. The minimum atomic E-state index is -1.34. The van der Waals surface area contributed by atoms with Crippen LogP contribution in [0.15, 0.2) is 24.0 Å². The van der Waals surface area contributed by atoms with E-state index in [4.69, 9.17) is 27.9 Å². The number of halogens is 2. The Morgan fingerprint density at radius 1 is 1.55 bits per heavy atom. The Kier molecular flexibility index (Phi) is 6.95. The lowest BCUT2D eigenvalue weighted by molar-refractivity contribution is -0.0656. The Hall–Kier alpha value is -1.14. The number of hydrogen-bond donors (Lipinski definition) is 2. The van der Waals surface area contributed by atoms with Crippen LogP contribution in [-0.4, -0.2) is 35.3 Å². The summed E-state index contributed by atoms with van der Waals surface area (Å²) in [4.78, 5) is 16.2. The van der Waals surface area contributed by atoms with E-state index in [2.05, 4.69) is 10.3 Å². The fourth-order valence-electron chi connectivity index (χ4n) is 1.45. The van der Waals surface area contributed by atoms with Crippen LogP contribution < -0.4 is 5.32 Å². The zero-order valence-electron chi connectivity index (χ0n) is 11.2. The SMILES string of the molecule is CCN/C=C(/C(=O)c1cc(Cl)ncc1Cl)C(O)OCC. The van der Waals surface area contributed by atoms with Crippen LogP contribution in [0.25, 0.3) is 0 Å². The summed E-state index contributed by atoms with van der Waals surface area (Å²) in [6.45, 7) is 4.44. The molecule has 1 unspecified atom stereocenters. The average Bonchev–Trinajstić information content (AvgIpc) is 2.42. The second-order valence-electron chi connectivity index (χ2n) is 3.78. The number of aliphatic hydroxyl groups excluding tert-OH is 1. The van der Waals surface area contributed by atoms with E-state index in [0.29, 0.717) is 6.54 Å². The third-order valence-electron chi connectivity index (χ3n) is 2.38. The summed E-state index contributed by atoms with van der Waals surface area (Å²) in [5, 5.41) is 13.0. The molecular formula is C13H16Cl2N2O3. The molecule has 0 spiro atoms. The molecule has 5 nitrogen and oxygen atoms in total. The highest BCUT2D eigenvalue weighted by Crippen LogP contribution is 2.22. The van der Waals surface area contributed by atoms with Crippen molar-refractivity contribution in [1.82, 2.24) is 10.3 Å². The van der Waals surface area contributed by atoms with Crippen LogP contribution in [0.4, 0.5) is 0 Å². The van der Waals surface area contributed by atoms with E-state index in [1.165, 1.54) is 18.5 Å². The van der Waals surface area contributed by atoms with Crippen LogP contribution in [0.3, 0.4) is 0 Å². The minimum Gasteiger partial charge on any atom is -0.391 e. The van der Waals surface area contributed by atoms with E-state index < -0.39 is 12.1 Å². The number of hydrogen-bond acceptors (Lipinski definition) is 5. The maximum absolute atomic E-state index is 12.4. The van der Waals surface area contributed by atoms with Gasteiger partial charge in [-0.15, -0.1) is 0 Å². The van der Waals surface area contributed by atoms with Crippen molar-refractivity contribution in [1.29, 1.82) is 0 Å². The van der Waals surface area contributed by atoms with Crippen molar-refractivity contribution in [3.05, 3.63) is 39.8 Å². The molecule has 7 heteroatoms. The third-order valence-corrected chi connectivity index (χ3v) is 2.89. The van der Waals surface area contributed by atoms with E-state index in [1.54, 1.807) is 6.92 Å². The van der Waals surface area contributed by atoms with Gasteiger partial charge in [0.1, 0.15) is 5.15 Å². The molecule has 0 aliphatic carbocycles. The molecule has 0 aromatic carbocycles. The molecule has 1 aromatic rings. The van der Waals surface area contributed by atoms with Gasteiger partial charge in [0.25, 0.3) is 0 Å². The standard InChI is InChI=1S/C13H16Cl2N2O3/c1-3-16-6-9(13(19)20-4-2)12(18)8-5-11(15)17-7-10(8)14/h5-7,13,16,19H,3-4H2,1-2H3/b9-6-. The molecular weight excluding hydrogens is 303 g/mol. The van der Waals surface area contributed by atoms with E-state index >= 15 is 0 Å². The maximum atomic E-state index is 12.4. The average molecular weight is 319 g/mol. The molecule has 1 rings (SSSR count). The number of aromatic nitrogens is 1. The molecule has 0 amide bonds. The highest BCUT2D eigenvalue weighted by atomic mass is 35.5. The maximum Gasteiger partial charge on any atom is 0.197 e. The molecule has 1 atom stereocenters. The number of carbonyl (C=O) groups excluding carboxylic acids is 1. The molecule has 0 fully saturated rings. The lowest BCUT2D eigenvalue weighted by Crippen LogP contribution is -2.24. The predicted molar refractivity (Wildman–Crippen MR) is 78.0 cm³/mol. The molecule has 20 heavy (non-hydrogen) atoms. The fourth-order valence-corrected chi connectivity index (χ4v) is 1.80. The Morgan fingerprint density at radius 3 is 2.85 bits per heavy atom. The van der Waals surface area contributed by atoms with Crippen LogP contribution in [0.1, 0.15) is 24.2 Å². The number of carbonyl (C=O) groups is 1. The molecule has 0 saturated carbocycles. The van der Waals surface area contributed by atoms with E-state index in [0.717, 1.165) is 0 Å². The van der Waals surface area contributed by atoms with Gasteiger partial charge in [0.05, 0.1) is 10.6 Å². The number of ketones is 1.